The molecule has 0 unspecified atom stereocenters. The summed E-state index contributed by atoms with van der Waals surface area (Å²) < 4.78 is 1.95. The Labute approximate surface area is 105 Å². The lowest BCUT2D eigenvalue weighted by Crippen LogP contribution is -2.35. The Kier molecular flexibility index (Phi) is 5.15. The van der Waals surface area contributed by atoms with E-state index in [4.69, 9.17) is 5.73 Å². The lowest BCUT2D eigenvalue weighted by molar-refractivity contribution is 0.296. The molecule has 1 aromatic heterocycles. The molecule has 0 saturated carbocycles. The van der Waals surface area contributed by atoms with Crippen LogP contribution in [-0.4, -0.2) is 34.3 Å². The van der Waals surface area contributed by atoms with E-state index in [1.807, 2.05) is 11.7 Å². The van der Waals surface area contributed by atoms with Crippen molar-refractivity contribution in [2.24, 2.45) is 12.8 Å². The van der Waals surface area contributed by atoms with E-state index in [1.165, 1.54) is 11.3 Å². The van der Waals surface area contributed by atoms with E-state index in [0.717, 1.165) is 31.6 Å². The molecule has 0 aliphatic rings. The third kappa shape index (κ3) is 3.82. The van der Waals surface area contributed by atoms with Crippen LogP contribution in [0.15, 0.2) is 0 Å². The van der Waals surface area contributed by atoms with Gasteiger partial charge in [0.25, 0.3) is 0 Å². The minimum absolute atomic E-state index is 0.280. The van der Waals surface area contributed by atoms with Crippen LogP contribution in [0.4, 0.5) is 0 Å². The maximum atomic E-state index is 6.06. The standard InChI is InChI=1S/C13H26N4/c1-6-7-12(14)8-16(4)9-13-10(2)15-17(5)11(13)3/h12H,6-9,14H2,1-5H3/t12-/m1/s1. The van der Waals surface area contributed by atoms with Gasteiger partial charge in [-0.3, -0.25) is 4.68 Å². The van der Waals surface area contributed by atoms with E-state index in [0.29, 0.717) is 0 Å². The molecule has 0 aliphatic carbocycles. The number of aromatic nitrogens is 2. The molecule has 2 N–H and O–H groups in total. The normalized spacial score (nSPS) is 13.4. The number of rotatable bonds is 6. The summed E-state index contributed by atoms with van der Waals surface area (Å²) in [5, 5.41) is 4.44. The lowest BCUT2D eigenvalue weighted by Gasteiger charge is -2.21. The van der Waals surface area contributed by atoms with Crippen molar-refractivity contribution < 1.29 is 0 Å². The molecule has 0 fully saturated rings. The molecule has 0 radical (unpaired) electrons. The van der Waals surface area contributed by atoms with Gasteiger partial charge in [-0.25, -0.2) is 0 Å². The first kappa shape index (κ1) is 14.2. The Morgan fingerprint density at radius 1 is 1.41 bits per heavy atom. The topological polar surface area (TPSA) is 47.1 Å². The average molecular weight is 238 g/mol. The molecule has 0 saturated heterocycles. The minimum Gasteiger partial charge on any atom is -0.327 e. The molecular formula is C13H26N4. The van der Waals surface area contributed by atoms with Crippen molar-refractivity contribution in [3.8, 4) is 0 Å². The molecule has 1 rings (SSSR count). The number of aryl methyl sites for hydroxylation is 2. The Balaban J connectivity index is 2.58. The van der Waals surface area contributed by atoms with Crippen LogP contribution in [0.5, 0.6) is 0 Å². The number of nitrogens with two attached hydrogens (primary N) is 1. The summed E-state index contributed by atoms with van der Waals surface area (Å²) >= 11 is 0. The van der Waals surface area contributed by atoms with E-state index in [-0.39, 0.29) is 6.04 Å². The van der Waals surface area contributed by atoms with Gasteiger partial charge in [0.05, 0.1) is 5.69 Å². The maximum Gasteiger partial charge on any atom is 0.0641 e. The molecule has 0 bridgehead atoms. The fraction of sp³-hybridized carbons (Fsp3) is 0.769. The zero-order chi connectivity index (χ0) is 13.0. The summed E-state index contributed by atoms with van der Waals surface area (Å²) in [6, 6.07) is 0.280. The van der Waals surface area contributed by atoms with Gasteiger partial charge in [-0.1, -0.05) is 13.3 Å². The molecular weight excluding hydrogens is 212 g/mol. The monoisotopic (exact) mass is 238 g/mol. The van der Waals surface area contributed by atoms with Crippen LogP contribution in [0.2, 0.25) is 0 Å². The molecule has 17 heavy (non-hydrogen) atoms. The van der Waals surface area contributed by atoms with Crippen molar-refractivity contribution >= 4 is 0 Å². The summed E-state index contributed by atoms with van der Waals surface area (Å²) in [4.78, 5) is 2.29. The second-order valence-corrected chi connectivity index (χ2v) is 5.02. The summed E-state index contributed by atoms with van der Waals surface area (Å²) in [6.45, 7) is 8.25. The van der Waals surface area contributed by atoms with Crippen LogP contribution in [0, 0.1) is 13.8 Å². The Morgan fingerprint density at radius 2 is 2.06 bits per heavy atom. The Hall–Kier alpha value is -0.870. The van der Waals surface area contributed by atoms with Crippen molar-refractivity contribution in [2.45, 2.75) is 46.2 Å². The minimum atomic E-state index is 0.280. The van der Waals surface area contributed by atoms with Crippen molar-refractivity contribution in [2.75, 3.05) is 13.6 Å². The highest BCUT2D eigenvalue weighted by Crippen LogP contribution is 2.14. The van der Waals surface area contributed by atoms with Crippen LogP contribution in [0.1, 0.15) is 36.7 Å². The predicted molar refractivity (Wildman–Crippen MR) is 71.9 cm³/mol. The first-order valence-electron chi connectivity index (χ1n) is 6.38. The SMILES string of the molecule is CCC[C@@H](N)CN(C)Cc1c(C)nn(C)c1C. The van der Waals surface area contributed by atoms with E-state index >= 15 is 0 Å². The van der Waals surface area contributed by atoms with Gasteiger partial charge >= 0.3 is 0 Å². The van der Waals surface area contributed by atoms with E-state index in [9.17, 15) is 0 Å². The third-order valence-electron chi connectivity index (χ3n) is 3.29. The quantitative estimate of drug-likeness (QED) is 0.819. The van der Waals surface area contributed by atoms with Gasteiger partial charge in [0.1, 0.15) is 0 Å². The molecule has 1 heterocycles. The maximum absolute atomic E-state index is 6.06. The van der Waals surface area contributed by atoms with Crippen LogP contribution >= 0.6 is 0 Å². The second kappa shape index (κ2) is 6.17. The fourth-order valence-corrected chi connectivity index (χ4v) is 2.24. The lowest BCUT2D eigenvalue weighted by atomic mass is 10.1. The number of likely N-dealkylation sites (N-methyl/N-ethyl adjacent to an activating group) is 1. The molecule has 0 aliphatic heterocycles. The molecule has 4 nitrogen and oxygen atoms in total. The number of hydrogen-bond donors (Lipinski definition) is 1. The molecule has 4 heteroatoms. The van der Waals surface area contributed by atoms with E-state index in [1.54, 1.807) is 0 Å². The average Bonchev–Trinajstić information content (AvgIpc) is 2.45. The van der Waals surface area contributed by atoms with Gasteiger partial charge in [-0.2, -0.15) is 5.10 Å². The van der Waals surface area contributed by atoms with E-state index < -0.39 is 0 Å². The van der Waals surface area contributed by atoms with Crippen molar-refractivity contribution in [1.29, 1.82) is 0 Å². The molecule has 1 aromatic rings. The summed E-state index contributed by atoms with van der Waals surface area (Å²) in [5.74, 6) is 0. The summed E-state index contributed by atoms with van der Waals surface area (Å²) in [6.07, 6.45) is 2.25. The molecule has 0 aromatic carbocycles. The van der Waals surface area contributed by atoms with Crippen LogP contribution < -0.4 is 5.73 Å². The van der Waals surface area contributed by atoms with Gasteiger partial charge < -0.3 is 10.6 Å². The van der Waals surface area contributed by atoms with Gasteiger partial charge in [0.15, 0.2) is 0 Å². The second-order valence-electron chi connectivity index (χ2n) is 5.02. The van der Waals surface area contributed by atoms with E-state index in [2.05, 4.69) is 37.8 Å². The van der Waals surface area contributed by atoms with Gasteiger partial charge in [-0.15, -0.1) is 0 Å². The molecule has 98 valence electrons. The van der Waals surface area contributed by atoms with Crippen molar-refractivity contribution in [1.82, 2.24) is 14.7 Å². The van der Waals surface area contributed by atoms with Gasteiger partial charge in [0.2, 0.25) is 0 Å². The zero-order valence-corrected chi connectivity index (χ0v) is 11.8. The molecule has 1 atom stereocenters. The fourth-order valence-electron chi connectivity index (χ4n) is 2.24. The summed E-state index contributed by atoms with van der Waals surface area (Å²) in [7, 11) is 4.12. The number of hydrogen-bond acceptors (Lipinski definition) is 3. The van der Waals surface area contributed by atoms with Crippen molar-refractivity contribution in [3.63, 3.8) is 0 Å². The Morgan fingerprint density at radius 3 is 2.53 bits per heavy atom. The van der Waals surface area contributed by atoms with Crippen LogP contribution in [-0.2, 0) is 13.6 Å². The predicted octanol–water partition coefficient (Wildman–Crippen LogP) is 1.60. The molecule has 0 spiro atoms. The highest BCUT2D eigenvalue weighted by molar-refractivity contribution is 5.24. The Bertz CT molecular complexity index is 357. The number of nitrogens with zero attached hydrogens (tertiary/aromatic N) is 3. The van der Waals surface area contributed by atoms with Crippen molar-refractivity contribution in [3.05, 3.63) is 17.0 Å². The first-order chi connectivity index (χ1) is 7.95. The highest BCUT2D eigenvalue weighted by atomic mass is 15.3. The van der Waals surface area contributed by atoms with Crippen LogP contribution in [0.3, 0.4) is 0 Å². The smallest absolute Gasteiger partial charge is 0.0641 e. The highest BCUT2D eigenvalue weighted by Gasteiger charge is 2.13. The van der Waals surface area contributed by atoms with Gasteiger partial charge in [0, 0.05) is 37.4 Å². The third-order valence-corrected chi connectivity index (χ3v) is 3.29. The molecule has 0 amide bonds. The summed E-state index contributed by atoms with van der Waals surface area (Å²) in [5.41, 5.74) is 9.76. The van der Waals surface area contributed by atoms with Gasteiger partial charge in [-0.05, 0) is 27.3 Å². The van der Waals surface area contributed by atoms with Crippen LogP contribution in [0.25, 0.3) is 0 Å². The largest absolute Gasteiger partial charge is 0.327 e. The first-order valence-corrected chi connectivity index (χ1v) is 6.38. The zero-order valence-electron chi connectivity index (χ0n) is 11.8.